The van der Waals surface area contributed by atoms with E-state index in [9.17, 15) is 9.59 Å². The van der Waals surface area contributed by atoms with Crippen LogP contribution in [0, 0.1) is 5.92 Å². The first kappa shape index (κ1) is 15.1. The number of benzene rings is 1. The standard InChI is InChI=1S/C18H17N3O2S/c22-17(14-4-2-1-3-5-14)20-8-6-13(10-20)11-21-12-19-15-7-9-24-16(15)18(21)23/h1-5,7,9,12-13H,6,8,10-11H2/t13-/m1/s1. The first-order valence-electron chi connectivity index (χ1n) is 7.99. The van der Waals surface area contributed by atoms with E-state index in [1.165, 1.54) is 11.3 Å². The Hall–Kier alpha value is -2.47. The summed E-state index contributed by atoms with van der Waals surface area (Å²) in [5.74, 6) is 0.354. The predicted octanol–water partition coefficient (Wildman–Crippen LogP) is 2.62. The molecule has 1 aliphatic heterocycles. The average molecular weight is 339 g/mol. The van der Waals surface area contributed by atoms with Crippen LogP contribution in [-0.4, -0.2) is 33.4 Å². The van der Waals surface area contributed by atoms with Gasteiger partial charge in [0.1, 0.15) is 4.70 Å². The second kappa shape index (κ2) is 6.20. The number of carbonyl (C=O) groups excluding carboxylic acids is 1. The highest BCUT2D eigenvalue weighted by atomic mass is 32.1. The van der Waals surface area contributed by atoms with Crippen molar-refractivity contribution in [3.05, 3.63) is 64.0 Å². The molecule has 1 aliphatic rings. The zero-order chi connectivity index (χ0) is 16.5. The van der Waals surface area contributed by atoms with E-state index in [0.717, 1.165) is 24.0 Å². The van der Waals surface area contributed by atoms with Crippen LogP contribution in [0.3, 0.4) is 0 Å². The molecule has 24 heavy (non-hydrogen) atoms. The lowest BCUT2D eigenvalue weighted by Crippen LogP contribution is -2.30. The third kappa shape index (κ3) is 2.73. The van der Waals surface area contributed by atoms with Crippen molar-refractivity contribution in [3.63, 3.8) is 0 Å². The highest BCUT2D eigenvalue weighted by Gasteiger charge is 2.27. The summed E-state index contributed by atoms with van der Waals surface area (Å²) in [6, 6.07) is 11.2. The van der Waals surface area contributed by atoms with Crippen LogP contribution in [0.4, 0.5) is 0 Å². The fraction of sp³-hybridized carbons (Fsp3) is 0.278. The number of fused-ring (bicyclic) bond motifs is 1. The van der Waals surface area contributed by atoms with Gasteiger partial charge in [-0.3, -0.25) is 14.2 Å². The maximum atomic E-state index is 12.5. The Morgan fingerprint density at radius 2 is 2.08 bits per heavy atom. The summed E-state index contributed by atoms with van der Waals surface area (Å²) in [4.78, 5) is 31.2. The molecule has 3 heterocycles. The van der Waals surface area contributed by atoms with E-state index in [1.54, 1.807) is 10.9 Å². The average Bonchev–Trinajstić information content (AvgIpc) is 3.27. The molecule has 2 aromatic heterocycles. The Bertz CT molecular complexity index is 932. The number of likely N-dealkylation sites (tertiary alicyclic amines) is 1. The molecule has 0 spiro atoms. The van der Waals surface area contributed by atoms with Gasteiger partial charge >= 0.3 is 0 Å². The number of amides is 1. The zero-order valence-corrected chi connectivity index (χ0v) is 13.9. The van der Waals surface area contributed by atoms with Crippen molar-refractivity contribution < 1.29 is 4.79 Å². The van der Waals surface area contributed by atoms with Crippen molar-refractivity contribution in [2.45, 2.75) is 13.0 Å². The molecule has 5 nitrogen and oxygen atoms in total. The highest BCUT2D eigenvalue weighted by molar-refractivity contribution is 7.17. The fourth-order valence-electron chi connectivity index (χ4n) is 3.22. The Balaban J connectivity index is 1.48. The van der Waals surface area contributed by atoms with E-state index in [2.05, 4.69) is 4.98 Å². The first-order valence-corrected chi connectivity index (χ1v) is 8.87. The van der Waals surface area contributed by atoms with E-state index in [1.807, 2.05) is 46.7 Å². The van der Waals surface area contributed by atoms with Gasteiger partial charge in [0.25, 0.3) is 11.5 Å². The summed E-state index contributed by atoms with van der Waals surface area (Å²) in [6.07, 6.45) is 2.53. The van der Waals surface area contributed by atoms with Crippen LogP contribution in [0.25, 0.3) is 10.2 Å². The quantitative estimate of drug-likeness (QED) is 0.737. The molecule has 1 saturated heterocycles. The minimum Gasteiger partial charge on any atom is -0.338 e. The van der Waals surface area contributed by atoms with Crippen LogP contribution in [0.15, 0.2) is 52.9 Å². The SMILES string of the molecule is O=C(c1ccccc1)N1CC[C@@H](Cn2cnc3ccsc3c2=O)C1. The fourth-order valence-corrected chi connectivity index (χ4v) is 4.01. The van der Waals surface area contributed by atoms with E-state index < -0.39 is 0 Å². The van der Waals surface area contributed by atoms with Gasteiger partial charge in [-0.1, -0.05) is 18.2 Å². The molecule has 6 heteroatoms. The summed E-state index contributed by atoms with van der Waals surface area (Å²) in [5, 5.41) is 1.89. The Morgan fingerprint density at radius 3 is 2.92 bits per heavy atom. The molecule has 0 bridgehead atoms. The second-order valence-electron chi connectivity index (χ2n) is 6.11. The zero-order valence-electron chi connectivity index (χ0n) is 13.1. The van der Waals surface area contributed by atoms with Crippen molar-refractivity contribution >= 4 is 27.5 Å². The number of carbonyl (C=O) groups is 1. The summed E-state index contributed by atoms with van der Waals surface area (Å²) >= 11 is 1.43. The number of thiophene rings is 1. The van der Waals surface area contributed by atoms with Crippen LogP contribution in [0.5, 0.6) is 0 Å². The molecule has 122 valence electrons. The number of hydrogen-bond donors (Lipinski definition) is 0. The molecule has 1 amide bonds. The van der Waals surface area contributed by atoms with Crippen LogP contribution < -0.4 is 5.56 Å². The molecule has 0 unspecified atom stereocenters. The molecular weight excluding hydrogens is 322 g/mol. The van der Waals surface area contributed by atoms with Gasteiger partial charge in [0, 0.05) is 25.2 Å². The lowest BCUT2D eigenvalue weighted by Gasteiger charge is -2.17. The topological polar surface area (TPSA) is 55.2 Å². The van der Waals surface area contributed by atoms with Crippen molar-refractivity contribution in [2.75, 3.05) is 13.1 Å². The van der Waals surface area contributed by atoms with Crippen molar-refractivity contribution in [3.8, 4) is 0 Å². The molecule has 1 aromatic carbocycles. The predicted molar refractivity (Wildman–Crippen MR) is 94.3 cm³/mol. The molecule has 4 rings (SSSR count). The summed E-state index contributed by atoms with van der Waals surface area (Å²) in [7, 11) is 0. The van der Waals surface area contributed by atoms with Crippen LogP contribution >= 0.6 is 11.3 Å². The maximum absolute atomic E-state index is 12.5. The van der Waals surface area contributed by atoms with Gasteiger partial charge in [0.2, 0.25) is 0 Å². The monoisotopic (exact) mass is 339 g/mol. The number of rotatable bonds is 3. The second-order valence-corrected chi connectivity index (χ2v) is 7.03. The van der Waals surface area contributed by atoms with Crippen molar-refractivity contribution in [1.82, 2.24) is 14.5 Å². The maximum Gasteiger partial charge on any atom is 0.271 e. The lowest BCUT2D eigenvalue weighted by atomic mass is 10.1. The van der Waals surface area contributed by atoms with E-state index in [4.69, 9.17) is 0 Å². The molecule has 1 atom stereocenters. The van der Waals surface area contributed by atoms with Crippen LogP contribution in [0.1, 0.15) is 16.8 Å². The van der Waals surface area contributed by atoms with Gasteiger partial charge in [0.05, 0.1) is 11.8 Å². The summed E-state index contributed by atoms with van der Waals surface area (Å²) in [6.45, 7) is 2.03. The third-order valence-corrected chi connectivity index (χ3v) is 5.38. The molecule has 0 radical (unpaired) electrons. The molecule has 3 aromatic rings. The van der Waals surface area contributed by atoms with E-state index >= 15 is 0 Å². The van der Waals surface area contributed by atoms with Gasteiger partial charge in [0.15, 0.2) is 0 Å². The smallest absolute Gasteiger partial charge is 0.271 e. The molecular formula is C18H17N3O2S. The van der Waals surface area contributed by atoms with Gasteiger partial charge in [-0.25, -0.2) is 4.98 Å². The molecule has 0 saturated carbocycles. The number of hydrogen-bond acceptors (Lipinski definition) is 4. The molecule has 0 aliphatic carbocycles. The van der Waals surface area contributed by atoms with Gasteiger partial charge in [-0.2, -0.15) is 0 Å². The third-order valence-electron chi connectivity index (χ3n) is 4.48. The molecule has 0 N–H and O–H groups in total. The Labute approximate surface area is 143 Å². The number of aromatic nitrogens is 2. The Morgan fingerprint density at radius 1 is 1.25 bits per heavy atom. The lowest BCUT2D eigenvalue weighted by molar-refractivity contribution is 0.0786. The normalized spacial score (nSPS) is 17.5. The summed E-state index contributed by atoms with van der Waals surface area (Å²) < 4.78 is 2.38. The highest BCUT2D eigenvalue weighted by Crippen LogP contribution is 2.20. The van der Waals surface area contributed by atoms with Crippen LogP contribution in [-0.2, 0) is 6.54 Å². The van der Waals surface area contributed by atoms with Crippen LogP contribution in [0.2, 0.25) is 0 Å². The Kier molecular flexibility index (Phi) is 3.90. The van der Waals surface area contributed by atoms with E-state index in [0.29, 0.717) is 17.8 Å². The van der Waals surface area contributed by atoms with E-state index in [-0.39, 0.29) is 17.4 Å². The van der Waals surface area contributed by atoms with Crippen molar-refractivity contribution in [1.29, 1.82) is 0 Å². The van der Waals surface area contributed by atoms with Crippen molar-refractivity contribution in [2.24, 2.45) is 5.92 Å². The number of nitrogens with zero attached hydrogens (tertiary/aromatic N) is 3. The van der Waals surface area contributed by atoms with Gasteiger partial charge < -0.3 is 4.90 Å². The minimum absolute atomic E-state index is 0.0165. The summed E-state index contributed by atoms with van der Waals surface area (Å²) in [5.41, 5.74) is 1.49. The van der Waals surface area contributed by atoms with Gasteiger partial charge in [-0.05, 0) is 35.9 Å². The molecule has 1 fully saturated rings. The first-order chi connectivity index (χ1) is 11.7. The minimum atomic E-state index is 0.0165. The largest absolute Gasteiger partial charge is 0.338 e. The van der Waals surface area contributed by atoms with Gasteiger partial charge in [-0.15, -0.1) is 11.3 Å².